The van der Waals surface area contributed by atoms with Gasteiger partial charge in [-0.05, 0) is 62.4 Å². The van der Waals surface area contributed by atoms with Gasteiger partial charge in [-0.25, -0.2) is 8.42 Å². The summed E-state index contributed by atoms with van der Waals surface area (Å²) >= 11 is 0. The van der Waals surface area contributed by atoms with E-state index in [0.717, 1.165) is 16.7 Å². The molecule has 1 heterocycles. The average Bonchev–Trinajstić information content (AvgIpc) is 2.69. The zero-order valence-corrected chi connectivity index (χ0v) is 17.6. The Hall–Kier alpha value is -2.18. The number of benzene rings is 2. The Morgan fingerprint density at radius 1 is 1.00 bits per heavy atom. The van der Waals surface area contributed by atoms with Gasteiger partial charge >= 0.3 is 0 Å². The van der Waals surface area contributed by atoms with Crippen molar-refractivity contribution in [3.05, 3.63) is 64.7 Å². The summed E-state index contributed by atoms with van der Waals surface area (Å²) < 4.78 is 27.3. The molecule has 2 aromatic rings. The summed E-state index contributed by atoms with van der Waals surface area (Å²) in [7, 11) is -3.51. The highest BCUT2D eigenvalue weighted by molar-refractivity contribution is 7.89. The predicted molar refractivity (Wildman–Crippen MR) is 110 cm³/mol. The second-order valence-corrected chi connectivity index (χ2v) is 9.57. The fraction of sp³-hybridized carbons (Fsp3) is 0.409. The van der Waals surface area contributed by atoms with Gasteiger partial charge in [-0.3, -0.25) is 4.79 Å². The molecule has 0 spiro atoms. The normalized spacial score (nSPS) is 16.1. The summed E-state index contributed by atoms with van der Waals surface area (Å²) in [6, 6.07) is 13.3. The van der Waals surface area contributed by atoms with Crippen LogP contribution in [0.3, 0.4) is 0 Å². The molecular formula is C22H28N2O3S. The van der Waals surface area contributed by atoms with Crippen molar-refractivity contribution in [2.24, 2.45) is 5.92 Å². The molecule has 1 aliphatic rings. The van der Waals surface area contributed by atoms with Crippen molar-refractivity contribution >= 4 is 15.9 Å². The number of amides is 1. The number of piperidine rings is 1. The lowest BCUT2D eigenvalue weighted by molar-refractivity contribution is -0.126. The highest BCUT2D eigenvalue weighted by Crippen LogP contribution is 2.25. The van der Waals surface area contributed by atoms with Crippen LogP contribution in [0.2, 0.25) is 0 Å². The van der Waals surface area contributed by atoms with E-state index >= 15 is 0 Å². The second-order valence-electron chi connectivity index (χ2n) is 7.63. The van der Waals surface area contributed by atoms with Crippen molar-refractivity contribution < 1.29 is 13.2 Å². The number of hydrogen-bond acceptors (Lipinski definition) is 3. The summed E-state index contributed by atoms with van der Waals surface area (Å²) in [6.07, 6.45) is 1.09. The Balaban J connectivity index is 1.56. The van der Waals surface area contributed by atoms with Crippen molar-refractivity contribution in [2.75, 3.05) is 13.1 Å². The standard InChI is InChI=1S/C22H28N2O3S/c1-16-4-7-19(8-5-16)15-23-22(25)20-10-12-24(13-11-20)28(26,27)21-9-6-17(2)18(3)14-21/h4-9,14,20H,10-13,15H2,1-3H3,(H,23,25). The van der Waals surface area contributed by atoms with Gasteiger partial charge in [0, 0.05) is 25.6 Å². The maximum absolute atomic E-state index is 12.9. The molecule has 1 saturated heterocycles. The van der Waals surface area contributed by atoms with Crippen LogP contribution < -0.4 is 5.32 Å². The van der Waals surface area contributed by atoms with Gasteiger partial charge in [0.15, 0.2) is 0 Å². The molecule has 0 radical (unpaired) electrons. The zero-order chi connectivity index (χ0) is 20.3. The first-order valence-corrected chi connectivity index (χ1v) is 11.1. The third-order valence-electron chi connectivity index (χ3n) is 5.53. The summed E-state index contributed by atoms with van der Waals surface area (Å²) in [4.78, 5) is 12.8. The van der Waals surface area contributed by atoms with Crippen LogP contribution in [-0.4, -0.2) is 31.7 Å². The van der Waals surface area contributed by atoms with E-state index in [0.29, 0.717) is 37.4 Å². The summed E-state index contributed by atoms with van der Waals surface area (Å²) in [6.45, 7) is 7.16. The van der Waals surface area contributed by atoms with Crippen molar-refractivity contribution in [3.63, 3.8) is 0 Å². The van der Waals surface area contributed by atoms with Crippen LogP contribution in [0.5, 0.6) is 0 Å². The number of hydrogen-bond donors (Lipinski definition) is 1. The molecule has 1 fully saturated rings. The van der Waals surface area contributed by atoms with Crippen molar-refractivity contribution in [1.29, 1.82) is 0 Å². The van der Waals surface area contributed by atoms with Crippen LogP contribution in [-0.2, 0) is 21.4 Å². The molecule has 3 rings (SSSR count). The molecule has 0 unspecified atom stereocenters. The molecule has 1 N–H and O–H groups in total. The first kappa shape index (κ1) is 20.6. The van der Waals surface area contributed by atoms with Gasteiger partial charge in [-0.1, -0.05) is 35.9 Å². The van der Waals surface area contributed by atoms with E-state index < -0.39 is 10.0 Å². The number of nitrogens with one attached hydrogen (secondary N) is 1. The third kappa shape index (κ3) is 4.62. The molecule has 6 heteroatoms. The quantitative estimate of drug-likeness (QED) is 0.837. The minimum absolute atomic E-state index is 0.00352. The first-order chi connectivity index (χ1) is 13.3. The summed E-state index contributed by atoms with van der Waals surface area (Å²) in [5.41, 5.74) is 4.29. The fourth-order valence-electron chi connectivity index (χ4n) is 3.42. The Labute approximate surface area is 167 Å². The van der Waals surface area contributed by atoms with Gasteiger partial charge in [-0.2, -0.15) is 4.31 Å². The van der Waals surface area contributed by atoms with E-state index in [2.05, 4.69) is 5.32 Å². The molecule has 1 amide bonds. The number of carbonyl (C=O) groups is 1. The molecular weight excluding hydrogens is 372 g/mol. The van der Waals surface area contributed by atoms with Crippen LogP contribution in [0.15, 0.2) is 47.4 Å². The number of sulfonamides is 1. The number of nitrogens with zero attached hydrogens (tertiary/aromatic N) is 1. The number of carbonyl (C=O) groups excluding carboxylic acids is 1. The van der Waals surface area contributed by atoms with Crippen LogP contribution in [0.4, 0.5) is 0 Å². The molecule has 150 valence electrons. The van der Waals surface area contributed by atoms with Crippen molar-refractivity contribution in [3.8, 4) is 0 Å². The Morgan fingerprint density at radius 2 is 1.64 bits per heavy atom. The highest BCUT2D eigenvalue weighted by Gasteiger charge is 2.32. The maximum atomic E-state index is 12.9. The summed E-state index contributed by atoms with van der Waals surface area (Å²) in [5, 5.41) is 2.98. The third-order valence-corrected chi connectivity index (χ3v) is 7.42. The topological polar surface area (TPSA) is 66.5 Å². The molecule has 0 aromatic heterocycles. The van der Waals surface area contributed by atoms with Gasteiger partial charge < -0.3 is 5.32 Å². The van der Waals surface area contributed by atoms with Crippen molar-refractivity contribution in [2.45, 2.75) is 45.1 Å². The van der Waals surface area contributed by atoms with Crippen molar-refractivity contribution in [1.82, 2.24) is 9.62 Å². The lowest BCUT2D eigenvalue weighted by Gasteiger charge is -2.30. The second kappa shape index (κ2) is 8.45. The smallest absolute Gasteiger partial charge is 0.243 e. The molecule has 0 atom stereocenters. The minimum Gasteiger partial charge on any atom is -0.352 e. The predicted octanol–water partition coefficient (Wildman–Crippen LogP) is 3.33. The van der Waals surface area contributed by atoms with E-state index in [9.17, 15) is 13.2 Å². The molecule has 28 heavy (non-hydrogen) atoms. The monoisotopic (exact) mass is 400 g/mol. The maximum Gasteiger partial charge on any atom is 0.243 e. The largest absolute Gasteiger partial charge is 0.352 e. The van der Waals surface area contributed by atoms with Crippen LogP contribution in [0, 0.1) is 26.7 Å². The van der Waals surface area contributed by atoms with Crippen LogP contribution in [0.1, 0.15) is 35.1 Å². The van der Waals surface area contributed by atoms with Gasteiger partial charge in [0.1, 0.15) is 0 Å². The van der Waals surface area contributed by atoms with E-state index in [1.807, 2.05) is 51.1 Å². The Bertz CT molecular complexity index is 944. The minimum atomic E-state index is -3.51. The SMILES string of the molecule is Cc1ccc(CNC(=O)C2CCN(S(=O)(=O)c3ccc(C)c(C)c3)CC2)cc1. The zero-order valence-electron chi connectivity index (χ0n) is 16.7. The lowest BCUT2D eigenvalue weighted by atomic mass is 9.97. The first-order valence-electron chi connectivity index (χ1n) is 9.68. The average molecular weight is 401 g/mol. The number of rotatable bonds is 5. The van der Waals surface area contributed by atoms with E-state index in [-0.39, 0.29) is 11.8 Å². The van der Waals surface area contributed by atoms with Crippen LogP contribution in [0.25, 0.3) is 0 Å². The van der Waals surface area contributed by atoms with Gasteiger partial charge in [0.05, 0.1) is 4.90 Å². The molecule has 0 saturated carbocycles. The Morgan fingerprint density at radius 3 is 2.25 bits per heavy atom. The molecule has 5 nitrogen and oxygen atoms in total. The molecule has 2 aromatic carbocycles. The van der Waals surface area contributed by atoms with Crippen LogP contribution >= 0.6 is 0 Å². The number of aryl methyl sites for hydroxylation is 3. The van der Waals surface area contributed by atoms with Gasteiger partial charge in [0.25, 0.3) is 0 Å². The van der Waals surface area contributed by atoms with E-state index in [1.54, 1.807) is 12.1 Å². The molecule has 0 aliphatic carbocycles. The summed E-state index contributed by atoms with van der Waals surface area (Å²) in [5.74, 6) is -0.138. The fourth-order valence-corrected chi connectivity index (χ4v) is 4.98. The molecule has 1 aliphatic heterocycles. The van der Waals surface area contributed by atoms with Gasteiger partial charge in [0.2, 0.25) is 15.9 Å². The van der Waals surface area contributed by atoms with Gasteiger partial charge in [-0.15, -0.1) is 0 Å². The van der Waals surface area contributed by atoms with E-state index in [1.165, 1.54) is 9.87 Å². The lowest BCUT2D eigenvalue weighted by Crippen LogP contribution is -2.42. The van der Waals surface area contributed by atoms with E-state index in [4.69, 9.17) is 0 Å². The molecule has 0 bridgehead atoms. The Kier molecular flexibility index (Phi) is 6.20. The highest BCUT2D eigenvalue weighted by atomic mass is 32.2.